The van der Waals surface area contributed by atoms with Gasteiger partial charge in [0, 0.05) is 18.1 Å². The smallest absolute Gasteiger partial charge is 0.0960 e. The van der Waals surface area contributed by atoms with Crippen molar-refractivity contribution in [3.8, 4) is 0 Å². The van der Waals surface area contributed by atoms with E-state index in [1.807, 2.05) is 6.33 Å². The van der Waals surface area contributed by atoms with Crippen LogP contribution in [-0.2, 0) is 0 Å². The van der Waals surface area contributed by atoms with Gasteiger partial charge in [0.2, 0.25) is 0 Å². The molecule has 96 valence electrons. The van der Waals surface area contributed by atoms with Gasteiger partial charge in [-0.3, -0.25) is 0 Å². The Morgan fingerprint density at radius 2 is 1.78 bits per heavy atom. The Labute approximate surface area is 108 Å². The molecule has 1 fully saturated rings. The van der Waals surface area contributed by atoms with E-state index in [1.165, 1.54) is 18.4 Å². The van der Waals surface area contributed by atoms with Crippen LogP contribution in [0.15, 0.2) is 30.6 Å². The lowest BCUT2D eigenvalue weighted by Crippen LogP contribution is -2.44. The van der Waals surface area contributed by atoms with Gasteiger partial charge in [0.25, 0.3) is 0 Å². The number of hydrogen-bond donors (Lipinski definition) is 0. The molecule has 0 N–H and O–H groups in total. The van der Waals surface area contributed by atoms with Crippen molar-refractivity contribution in [3.63, 3.8) is 0 Å². The number of piperidine rings is 1. The fourth-order valence-corrected chi connectivity index (χ4v) is 3.15. The number of aromatic nitrogens is 2. The van der Waals surface area contributed by atoms with Crippen molar-refractivity contribution < 1.29 is 0 Å². The van der Waals surface area contributed by atoms with Gasteiger partial charge in [-0.05, 0) is 45.9 Å². The highest BCUT2D eigenvalue weighted by atomic mass is 15.2. The summed E-state index contributed by atoms with van der Waals surface area (Å²) >= 11 is 0. The summed E-state index contributed by atoms with van der Waals surface area (Å²) in [6.45, 7) is 4.64. The topological polar surface area (TPSA) is 21.1 Å². The van der Waals surface area contributed by atoms with E-state index < -0.39 is 0 Å². The molecule has 2 heterocycles. The second-order valence-electron chi connectivity index (χ2n) is 5.63. The first-order valence-electron chi connectivity index (χ1n) is 6.80. The number of fused-ring (bicyclic) bond motifs is 1. The lowest BCUT2D eigenvalue weighted by Gasteiger charge is -2.40. The van der Waals surface area contributed by atoms with Crippen molar-refractivity contribution in [1.29, 1.82) is 0 Å². The highest BCUT2D eigenvalue weighted by Crippen LogP contribution is 2.32. The third kappa shape index (κ3) is 1.83. The maximum absolute atomic E-state index is 4.51. The highest BCUT2D eigenvalue weighted by molar-refractivity contribution is 5.75. The van der Waals surface area contributed by atoms with Crippen LogP contribution in [0.2, 0.25) is 0 Å². The maximum atomic E-state index is 4.51. The molecule has 1 aromatic heterocycles. The fourth-order valence-electron chi connectivity index (χ4n) is 3.15. The summed E-state index contributed by atoms with van der Waals surface area (Å²) in [7, 11) is 2.23. The highest BCUT2D eigenvalue weighted by Gasteiger charge is 2.29. The van der Waals surface area contributed by atoms with Crippen molar-refractivity contribution in [2.45, 2.75) is 44.8 Å². The fraction of sp³-hybridized carbons (Fsp3) is 0.533. The first kappa shape index (κ1) is 11.7. The molecule has 1 aromatic carbocycles. The van der Waals surface area contributed by atoms with Crippen LogP contribution < -0.4 is 0 Å². The molecule has 0 saturated carbocycles. The summed E-state index contributed by atoms with van der Waals surface area (Å²) in [6.07, 6.45) is 4.43. The Hall–Kier alpha value is -1.35. The molecule has 2 atom stereocenters. The second kappa shape index (κ2) is 4.39. The molecule has 2 unspecified atom stereocenters. The van der Waals surface area contributed by atoms with E-state index in [0.717, 1.165) is 5.52 Å². The van der Waals surface area contributed by atoms with E-state index in [1.54, 1.807) is 0 Å². The van der Waals surface area contributed by atoms with Crippen molar-refractivity contribution in [2.24, 2.45) is 0 Å². The molecule has 3 rings (SSSR count). The number of hydrogen-bond acceptors (Lipinski definition) is 2. The predicted molar refractivity (Wildman–Crippen MR) is 74.7 cm³/mol. The SMILES string of the molecule is CC1CC(n2cnc3ccccc32)CC(C)N1C. The molecule has 1 aliphatic rings. The predicted octanol–water partition coefficient (Wildman–Crippen LogP) is 3.08. The van der Waals surface area contributed by atoms with Gasteiger partial charge in [0.1, 0.15) is 0 Å². The van der Waals surface area contributed by atoms with Gasteiger partial charge in [-0.15, -0.1) is 0 Å². The minimum atomic E-state index is 0.582. The molecule has 3 heteroatoms. The van der Waals surface area contributed by atoms with Gasteiger partial charge in [0.15, 0.2) is 0 Å². The molecule has 0 spiro atoms. The molecular formula is C15H21N3. The average Bonchev–Trinajstić information content (AvgIpc) is 2.79. The third-order valence-electron chi connectivity index (χ3n) is 4.49. The molecule has 0 bridgehead atoms. The van der Waals surface area contributed by atoms with Crippen molar-refractivity contribution >= 4 is 11.0 Å². The second-order valence-corrected chi connectivity index (χ2v) is 5.63. The normalized spacial score (nSPS) is 29.8. The van der Waals surface area contributed by atoms with Crippen LogP contribution in [0.1, 0.15) is 32.7 Å². The zero-order chi connectivity index (χ0) is 12.7. The van der Waals surface area contributed by atoms with Crippen LogP contribution >= 0.6 is 0 Å². The molecule has 18 heavy (non-hydrogen) atoms. The van der Waals surface area contributed by atoms with Crippen molar-refractivity contribution in [3.05, 3.63) is 30.6 Å². The van der Waals surface area contributed by atoms with Crippen LogP contribution in [0.3, 0.4) is 0 Å². The standard InChI is InChI=1S/C15H21N3/c1-11-8-13(9-12(2)17(11)3)18-10-16-14-6-4-5-7-15(14)18/h4-7,10-13H,8-9H2,1-3H3. The largest absolute Gasteiger partial charge is 0.327 e. The van der Waals surface area contributed by atoms with E-state index in [9.17, 15) is 0 Å². The summed E-state index contributed by atoms with van der Waals surface area (Å²) in [5.74, 6) is 0. The van der Waals surface area contributed by atoms with Gasteiger partial charge in [0.05, 0.1) is 17.4 Å². The van der Waals surface area contributed by atoms with E-state index in [0.29, 0.717) is 18.1 Å². The van der Waals surface area contributed by atoms with E-state index in [-0.39, 0.29) is 0 Å². The number of imidazole rings is 1. The molecule has 0 amide bonds. The van der Waals surface area contributed by atoms with Crippen molar-refractivity contribution in [1.82, 2.24) is 14.5 Å². The zero-order valence-corrected chi connectivity index (χ0v) is 11.4. The van der Waals surface area contributed by atoms with Crippen LogP contribution in [0.4, 0.5) is 0 Å². The Kier molecular flexibility index (Phi) is 2.86. The summed E-state index contributed by atoms with van der Waals surface area (Å²) < 4.78 is 2.37. The Bertz CT molecular complexity index is 533. The molecule has 3 nitrogen and oxygen atoms in total. The number of nitrogens with zero attached hydrogens (tertiary/aromatic N) is 3. The number of likely N-dealkylation sites (tertiary alicyclic amines) is 1. The lowest BCUT2D eigenvalue weighted by atomic mass is 9.93. The first-order valence-corrected chi connectivity index (χ1v) is 6.80. The minimum Gasteiger partial charge on any atom is -0.327 e. The third-order valence-corrected chi connectivity index (χ3v) is 4.49. The van der Waals surface area contributed by atoms with Gasteiger partial charge in [-0.25, -0.2) is 4.98 Å². The molecule has 1 saturated heterocycles. The minimum absolute atomic E-state index is 0.582. The Morgan fingerprint density at radius 1 is 1.11 bits per heavy atom. The van der Waals surface area contributed by atoms with Gasteiger partial charge < -0.3 is 9.47 Å². The number of benzene rings is 1. The van der Waals surface area contributed by atoms with Crippen LogP contribution in [0, 0.1) is 0 Å². The maximum Gasteiger partial charge on any atom is 0.0960 e. The van der Waals surface area contributed by atoms with Crippen LogP contribution in [0.25, 0.3) is 11.0 Å². The monoisotopic (exact) mass is 243 g/mol. The molecule has 1 aliphatic heterocycles. The van der Waals surface area contributed by atoms with Crippen molar-refractivity contribution in [2.75, 3.05) is 7.05 Å². The quantitative estimate of drug-likeness (QED) is 0.767. The molecule has 2 aromatic rings. The Balaban J connectivity index is 1.95. The Morgan fingerprint density at radius 3 is 2.50 bits per heavy atom. The summed E-state index contributed by atoms with van der Waals surface area (Å²) in [4.78, 5) is 6.99. The van der Waals surface area contributed by atoms with Crippen LogP contribution in [0.5, 0.6) is 0 Å². The lowest BCUT2D eigenvalue weighted by molar-refractivity contribution is 0.103. The van der Waals surface area contributed by atoms with Gasteiger partial charge >= 0.3 is 0 Å². The van der Waals surface area contributed by atoms with E-state index in [4.69, 9.17) is 0 Å². The number of para-hydroxylation sites is 2. The average molecular weight is 243 g/mol. The molecule has 0 radical (unpaired) electrons. The molecule has 0 aliphatic carbocycles. The van der Waals surface area contributed by atoms with Gasteiger partial charge in [-0.2, -0.15) is 0 Å². The summed E-state index contributed by atoms with van der Waals surface area (Å²) in [6, 6.07) is 10.3. The van der Waals surface area contributed by atoms with Crippen LogP contribution in [-0.4, -0.2) is 33.6 Å². The summed E-state index contributed by atoms with van der Waals surface area (Å²) in [5.41, 5.74) is 2.38. The number of rotatable bonds is 1. The van der Waals surface area contributed by atoms with Gasteiger partial charge in [-0.1, -0.05) is 12.1 Å². The molecular weight excluding hydrogens is 222 g/mol. The van der Waals surface area contributed by atoms with E-state index >= 15 is 0 Å². The summed E-state index contributed by atoms with van der Waals surface area (Å²) in [5, 5.41) is 0. The van der Waals surface area contributed by atoms with E-state index in [2.05, 4.69) is 59.6 Å². The zero-order valence-electron chi connectivity index (χ0n) is 11.4. The first-order chi connectivity index (χ1) is 8.66.